The molecule has 2 N–H and O–H groups in total. The first-order chi connectivity index (χ1) is 8.09. The summed E-state index contributed by atoms with van der Waals surface area (Å²) in [5.41, 5.74) is 5.64. The molecule has 5 heteroatoms. The molecule has 2 rings (SSSR count). The average molecular weight is 231 g/mol. The molecule has 1 heterocycles. The number of primary amides is 1. The second kappa shape index (κ2) is 4.37. The Labute approximate surface area is 97.9 Å². The molecule has 0 aliphatic heterocycles. The number of fused-ring (bicyclic) bond motifs is 1. The minimum atomic E-state index is -0.440. The van der Waals surface area contributed by atoms with Gasteiger partial charge in [-0.25, -0.2) is 4.68 Å². The summed E-state index contributed by atoms with van der Waals surface area (Å²) in [7, 11) is 0. The number of hydrogen-bond donors (Lipinski definition) is 1. The van der Waals surface area contributed by atoms with Crippen LogP contribution < -0.4 is 11.3 Å². The van der Waals surface area contributed by atoms with Crippen LogP contribution in [0.5, 0.6) is 0 Å². The Kier molecular flexibility index (Phi) is 2.91. The number of aromatic nitrogens is 2. The van der Waals surface area contributed by atoms with Crippen molar-refractivity contribution in [3.8, 4) is 0 Å². The molecule has 1 amide bonds. The summed E-state index contributed by atoms with van der Waals surface area (Å²) in [6.07, 6.45) is 0.116. The van der Waals surface area contributed by atoms with Crippen LogP contribution in [0.25, 0.3) is 10.8 Å². The van der Waals surface area contributed by atoms with Crippen molar-refractivity contribution in [3.63, 3.8) is 0 Å². The highest BCUT2D eigenvalue weighted by Crippen LogP contribution is 2.11. The van der Waals surface area contributed by atoms with Gasteiger partial charge in [0.25, 0.3) is 5.56 Å². The molecule has 0 atom stereocenters. The van der Waals surface area contributed by atoms with Gasteiger partial charge >= 0.3 is 0 Å². The van der Waals surface area contributed by atoms with E-state index in [0.29, 0.717) is 5.39 Å². The second-order valence-electron chi connectivity index (χ2n) is 3.88. The fourth-order valence-corrected chi connectivity index (χ4v) is 1.77. The summed E-state index contributed by atoms with van der Waals surface area (Å²) in [6.45, 7) is 2.06. The molecule has 0 radical (unpaired) electrons. The fraction of sp³-hybridized carbons (Fsp3) is 0.250. The fourth-order valence-electron chi connectivity index (χ4n) is 1.77. The summed E-state index contributed by atoms with van der Waals surface area (Å²) in [5, 5.41) is 5.63. The number of nitrogens with zero attached hydrogens (tertiary/aromatic N) is 2. The largest absolute Gasteiger partial charge is 0.370 e. The van der Waals surface area contributed by atoms with Crippen LogP contribution >= 0.6 is 0 Å². The summed E-state index contributed by atoms with van der Waals surface area (Å²) in [4.78, 5) is 22.8. The highest BCUT2D eigenvalue weighted by Gasteiger charge is 2.07. The molecule has 0 spiro atoms. The van der Waals surface area contributed by atoms with Crippen LogP contribution in [0.1, 0.15) is 12.1 Å². The molecule has 17 heavy (non-hydrogen) atoms. The Morgan fingerprint density at radius 1 is 1.35 bits per heavy atom. The van der Waals surface area contributed by atoms with Crippen LogP contribution in [-0.4, -0.2) is 15.7 Å². The molecule has 5 nitrogen and oxygen atoms in total. The third kappa shape index (κ3) is 2.18. The molecular weight excluding hydrogens is 218 g/mol. The average Bonchev–Trinajstić information content (AvgIpc) is 2.32. The zero-order valence-corrected chi connectivity index (χ0v) is 9.51. The van der Waals surface area contributed by atoms with E-state index in [0.717, 1.165) is 11.1 Å². The molecule has 0 aliphatic carbocycles. The van der Waals surface area contributed by atoms with E-state index in [1.807, 2.05) is 25.1 Å². The van der Waals surface area contributed by atoms with Gasteiger partial charge in [0.05, 0.1) is 17.6 Å². The molecule has 1 aromatic carbocycles. The molecule has 0 fully saturated rings. The van der Waals surface area contributed by atoms with E-state index in [4.69, 9.17) is 5.73 Å². The number of rotatable bonds is 3. The molecular formula is C12H13N3O2. The van der Waals surface area contributed by atoms with E-state index in [9.17, 15) is 9.59 Å². The number of amides is 1. The Bertz CT molecular complexity index is 631. The standard InChI is InChI=1S/C12H13N3O2/c1-8-9-4-2-3-5-10(9)12(17)15(14-8)7-6-11(13)16/h2-5H,6-7H2,1H3,(H2,13,16). The van der Waals surface area contributed by atoms with Gasteiger partial charge in [-0.15, -0.1) is 0 Å². The lowest BCUT2D eigenvalue weighted by Gasteiger charge is -2.07. The normalized spacial score (nSPS) is 10.6. The van der Waals surface area contributed by atoms with Gasteiger partial charge in [0, 0.05) is 11.8 Å². The van der Waals surface area contributed by atoms with Gasteiger partial charge in [-0.3, -0.25) is 9.59 Å². The molecule has 0 saturated carbocycles. The van der Waals surface area contributed by atoms with Gasteiger partial charge < -0.3 is 5.73 Å². The number of carbonyl (C=O) groups excluding carboxylic acids is 1. The maximum atomic E-state index is 12.0. The van der Waals surface area contributed by atoms with Gasteiger partial charge in [-0.1, -0.05) is 18.2 Å². The number of aryl methyl sites for hydroxylation is 2. The smallest absolute Gasteiger partial charge is 0.274 e. The van der Waals surface area contributed by atoms with E-state index in [-0.39, 0.29) is 18.5 Å². The molecule has 1 aromatic heterocycles. The first-order valence-corrected chi connectivity index (χ1v) is 5.34. The predicted molar refractivity (Wildman–Crippen MR) is 64.6 cm³/mol. The quantitative estimate of drug-likeness (QED) is 0.839. The van der Waals surface area contributed by atoms with E-state index in [1.165, 1.54) is 4.68 Å². The highest BCUT2D eigenvalue weighted by molar-refractivity contribution is 5.83. The predicted octanol–water partition coefficient (Wildman–Crippen LogP) is 0.580. The maximum Gasteiger partial charge on any atom is 0.274 e. The van der Waals surface area contributed by atoms with Crippen molar-refractivity contribution in [3.05, 3.63) is 40.3 Å². The molecule has 0 bridgehead atoms. The summed E-state index contributed by atoms with van der Waals surface area (Å²) in [6, 6.07) is 7.29. The zero-order valence-electron chi connectivity index (χ0n) is 9.51. The van der Waals surface area contributed by atoms with Crippen LogP contribution in [0, 0.1) is 6.92 Å². The molecule has 0 unspecified atom stereocenters. The van der Waals surface area contributed by atoms with Crippen molar-refractivity contribution in [2.75, 3.05) is 0 Å². The van der Waals surface area contributed by atoms with Crippen LogP contribution in [-0.2, 0) is 11.3 Å². The van der Waals surface area contributed by atoms with Crippen molar-refractivity contribution < 1.29 is 4.79 Å². The summed E-state index contributed by atoms with van der Waals surface area (Å²) < 4.78 is 1.29. The number of hydrogen-bond acceptors (Lipinski definition) is 3. The van der Waals surface area contributed by atoms with Crippen LogP contribution in [0.4, 0.5) is 0 Å². The number of nitrogens with two attached hydrogens (primary N) is 1. The zero-order chi connectivity index (χ0) is 12.4. The topological polar surface area (TPSA) is 78.0 Å². The first-order valence-electron chi connectivity index (χ1n) is 5.34. The van der Waals surface area contributed by atoms with Crippen molar-refractivity contribution in [2.24, 2.45) is 5.73 Å². The number of carbonyl (C=O) groups is 1. The lowest BCUT2D eigenvalue weighted by molar-refractivity contribution is -0.118. The van der Waals surface area contributed by atoms with Crippen LogP contribution in [0.3, 0.4) is 0 Å². The van der Waals surface area contributed by atoms with E-state index < -0.39 is 5.91 Å². The van der Waals surface area contributed by atoms with E-state index in [1.54, 1.807) is 6.07 Å². The maximum absolute atomic E-state index is 12.0. The summed E-state index contributed by atoms with van der Waals surface area (Å²) >= 11 is 0. The van der Waals surface area contributed by atoms with Gasteiger partial charge in [-0.05, 0) is 13.0 Å². The lowest BCUT2D eigenvalue weighted by Crippen LogP contribution is -2.26. The molecule has 0 aliphatic rings. The minimum absolute atomic E-state index is 0.116. The van der Waals surface area contributed by atoms with Crippen molar-refractivity contribution >= 4 is 16.7 Å². The Morgan fingerprint density at radius 3 is 2.65 bits per heavy atom. The van der Waals surface area contributed by atoms with Gasteiger partial charge in [-0.2, -0.15) is 5.10 Å². The van der Waals surface area contributed by atoms with Crippen LogP contribution in [0.15, 0.2) is 29.1 Å². The third-order valence-electron chi connectivity index (χ3n) is 2.62. The third-order valence-corrected chi connectivity index (χ3v) is 2.62. The van der Waals surface area contributed by atoms with Crippen molar-refractivity contribution in [2.45, 2.75) is 19.9 Å². The Balaban J connectivity index is 2.55. The molecule has 0 saturated heterocycles. The van der Waals surface area contributed by atoms with Crippen LogP contribution in [0.2, 0.25) is 0 Å². The highest BCUT2D eigenvalue weighted by atomic mass is 16.1. The van der Waals surface area contributed by atoms with Crippen molar-refractivity contribution in [1.82, 2.24) is 9.78 Å². The second-order valence-corrected chi connectivity index (χ2v) is 3.88. The Morgan fingerprint density at radius 2 is 2.00 bits per heavy atom. The monoisotopic (exact) mass is 231 g/mol. The van der Waals surface area contributed by atoms with E-state index in [2.05, 4.69) is 5.10 Å². The lowest BCUT2D eigenvalue weighted by atomic mass is 10.1. The van der Waals surface area contributed by atoms with Gasteiger partial charge in [0.15, 0.2) is 0 Å². The summed E-state index contributed by atoms with van der Waals surface area (Å²) in [5.74, 6) is -0.440. The SMILES string of the molecule is Cc1nn(CCC(N)=O)c(=O)c2ccccc12. The van der Waals surface area contributed by atoms with Crippen molar-refractivity contribution in [1.29, 1.82) is 0 Å². The number of benzene rings is 1. The van der Waals surface area contributed by atoms with Gasteiger partial charge in [0.2, 0.25) is 5.91 Å². The molecule has 2 aromatic rings. The van der Waals surface area contributed by atoms with E-state index >= 15 is 0 Å². The molecule has 88 valence electrons. The first kappa shape index (κ1) is 11.3. The minimum Gasteiger partial charge on any atom is -0.370 e. The Hall–Kier alpha value is -2.17. The van der Waals surface area contributed by atoms with Gasteiger partial charge in [0.1, 0.15) is 0 Å².